The van der Waals surface area contributed by atoms with Crippen LogP contribution in [0.4, 0.5) is 4.79 Å². The monoisotopic (exact) mass is 198 g/mol. The average Bonchev–Trinajstić information content (AvgIpc) is 2.66. The molecular formula is C10H14O4. The van der Waals surface area contributed by atoms with Gasteiger partial charge in [0.2, 0.25) is 0 Å². The van der Waals surface area contributed by atoms with E-state index >= 15 is 0 Å². The molecule has 2 rings (SSSR count). The maximum Gasteiger partial charge on any atom is 0.509 e. The molecule has 0 bridgehead atoms. The molecule has 78 valence electrons. The Morgan fingerprint density at radius 2 is 2.29 bits per heavy atom. The molecule has 0 unspecified atom stereocenters. The summed E-state index contributed by atoms with van der Waals surface area (Å²) in [6, 6.07) is 0. The highest BCUT2D eigenvalue weighted by Gasteiger charge is 2.52. The topological polar surface area (TPSA) is 44.8 Å². The molecule has 0 aromatic carbocycles. The molecule has 0 aromatic heterocycles. The smallest absolute Gasteiger partial charge is 0.426 e. The van der Waals surface area contributed by atoms with Crippen LogP contribution in [0.25, 0.3) is 0 Å². The molecular weight excluding hydrogens is 184 g/mol. The number of hydrogen-bond acceptors (Lipinski definition) is 4. The van der Waals surface area contributed by atoms with Gasteiger partial charge in [0.05, 0.1) is 6.10 Å². The lowest BCUT2D eigenvalue weighted by atomic mass is 10.1. The second-order valence-electron chi connectivity index (χ2n) is 3.54. The maximum atomic E-state index is 10.9. The highest BCUT2D eigenvalue weighted by atomic mass is 16.8. The first kappa shape index (κ1) is 9.52. The summed E-state index contributed by atoms with van der Waals surface area (Å²) < 4.78 is 15.6. The van der Waals surface area contributed by atoms with Crippen LogP contribution in [0, 0.1) is 5.92 Å². The molecule has 0 aromatic rings. The van der Waals surface area contributed by atoms with Crippen LogP contribution in [-0.2, 0) is 14.2 Å². The summed E-state index contributed by atoms with van der Waals surface area (Å²) in [4.78, 5) is 10.9. The summed E-state index contributed by atoms with van der Waals surface area (Å²) in [6.07, 6.45) is 1.55. The van der Waals surface area contributed by atoms with Crippen molar-refractivity contribution in [1.82, 2.24) is 0 Å². The molecule has 1 saturated carbocycles. The van der Waals surface area contributed by atoms with E-state index in [4.69, 9.17) is 14.2 Å². The van der Waals surface area contributed by atoms with Gasteiger partial charge in [0.1, 0.15) is 0 Å². The quantitative estimate of drug-likeness (QED) is 0.509. The van der Waals surface area contributed by atoms with E-state index < -0.39 is 6.16 Å². The first-order valence-corrected chi connectivity index (χ1v) is 4.87. The summed E-state index contributed by atoms with van der Waals surface area (Å²) in [7, 11) is 0. The molecule has 0 amide bonds. The fourth-order valence-corrected chi connectivity index (χ4v) is 2.15. The van der Waals surface area contributed by atoms with Crippen molar-refractivity contribution in [3.63, 3.8) is 0 Å². The predicted molar refractivity (Wildman–Crippen MR) is 48.9 cm³/mol. The summed E-state index contributed by atoms with van der Waals surface area (Å²) in [5.41, 5.74) is 0. The molecule has 0 spiro atoms. The van der Waals surface area contributed by atoms with E-state index in [2.05, 4.69) is 6.58 Å². The fourth-order valence-electron chi connectivity index (χ4n) is 2.15. The second-order valence-corrected chi connectivity index (χ2v) is 3.54. The van der Waals surface area contributed by atoms with Crippen molar-refractivity contribution in [2.24, 2.45) is 5.92 Å². The summed E-state index contributed by atoms with van der Waals surface area (Å²) in [5, 5.41) is 0. The number of fused-ring (bicyclic) bond motifs is 1. The molecule has 0 radical (unpaired) electrons. The number of rotatable bonds is 3. The Bertz CT molecular complexity index is 251. The van der Waals surface area contributed by atoms with Gasteiger partial charge in [-0.1, -0.05) is 6.08 Å². The first-order valence-electron chi connectivity index (χ1n) is 4.87. The average molecular weight is 198 g/mol. The van der Waals surface area contributed by atoms with Crippen LogP contribution < -0.4 is 0 Å². The largest absolute Gasteiger partial charge is 0.509 e. The molecule has 0 N–H and O–H groups in total. The lowest BCUT2D eigenvalue weighted by Gasteiger charge is -2.14. The van der Waals surface area contributed by atoms with Crippen LogP contribution in [0.2, 0.25) is 0 Å². The van der Waals surface area contributed by atoms with E-state index in [-0.39, 0.29) is 24.2 Å². The van der Waals surface area contributed by atoms with Crippen molar-refractivity contribution in [2.45, 2.75) is 31.7 Å². The lowest BCUT2D eigenvalue weighted by Crippen LogP contribution is -2.29. The molecule has 4 nitrogen and oxygen atoms in total. The van der Waals surface area contributed by atoms with Gasteiger partial charge in [-0.25, -0.2) is 4.79 Å². The highest BCUT2D eigenvalue weighted by Crippen LogP contribution is 2.37. The third-order valence-corrected chi connectivity index (χ3v) is 2.76. The van der Waals surface area contributed by atoms with Gasteiger partial charge in [-0.05, 0) is 13.3 Å². The zero-order valence-corrected chi connectivity index (χ0v) is 8.14. The van der Waals surface area contributed by atoms with Crippen LogP contribution in [0.5, 0.6) is 0 Å². The number of hydrogen-bond donors (Lipinski definition) is 0. The third-order valence-electron chi connectivity index (χ3n) is 2.76. The van der Waals surface area contributed by atoms with Crippen molar-refractivity contribution >= 4 is 6.16 Å². The molecule has 14 heavy (non-hydrogen) atoms. The van der Waals surface area contributed by atoms with Gasteiger partial charge in [0.15, 0.2) is 12.2 Å². The standard InChI is InChI=1S/C10H14O4/c1-3-6-5-7(12-4-2)9-8(6)13-10(11)14-9/h3,6-9H,1,4-5H2,2H3/t6-,7+,8-,9+/m1/s1. The Balaban J connectivity index is 2.10. The minimum atomic E-state index is -0.587. The molecule has 1 aliphatic carbocycles. The minimum absolute atomic E-state index is 0.0422. The van der Waals surface area contributed by atoms with Gasteiger partial charge in [-0.15, -0.1) is 6.58 Å². The normalized spacial score (nSPS) is 40.2. The van der Waals surface area contributed by atoms with Crippen LogP contribution in [0.15, 0.2) is 12.7 Å². The Morgan fingerprint density at radius 3 is 2.93 bits per heavy atom. The minimum Gasteiger partial charge on any atom is -0.426 e. The van der Waals surface area contributed by atoms with Gasteiger partial charge in [-0.2, -0.15) is 0 Å². The van der Waals surface area contributed by atoms with Gasteiger partial charge in [0, 0.05) is 12.5 Å². The van der Waals surface area contributed by atoms with E-state index in [1.54, 1.807) is 6.08 Å². The molecule has 4 atom stereocenters. The molecule has 1 aliphatic heterocycles. The summed E-state index contributed by atoms with van der Waals surface area (Å²) >= 11 is 0. The fraction of sp³-hybridized carbons (Fsp3) is 0.700. The van der Waals surface area contributed by atoms with Crippen molar-refractivity contribution in [3.8, 4) is 0 Å². The van der Waals surface area contributed by atoms with Crippen molar-refractivity contribution in [3.05, 3.63) is 12.7 Å². The summed E-state index contributed by atoms with van der Waals surface area (Å²) in [6.45, 7) is 6.27. The molecule has 2 aliphatic rings. The Kier molecular flexibility index (Phi) is 2.46. The molecule has 1 heterocycles. The van der Waals surface area contributed by atoms with Gasteiger partial charge < -0.3 is 14.2 Å². The van der Waals surface area contributed by atoms with E-state index in [0.717, 1.165) is 6.42 Å². The van der Waals surface area contributed by atoms with Gasteiger partial charge >= 0.3 is 6.16 Å². The zero-order valence-electron chi connectivity index (χ0n) is 8.14. The highest BCUT2D eigenvalue weighted by molar-refractivity contribution is 5.63. The van der Waals surface area contributed by atoms with Crippen molar-refractivity contribution in [2.75, 3.05) is 6.61 Å². The molecule has 4 heteroatoms. The second kappa shape index (κ2) is 3.61. The molecule has 2 fully saturated rings. The van der Waals surface area contributed by atoms with Crippen molar-refractivity contribution in [1.29, 1.82) is 0 Å². The Labute approximate surface area is 82.8 Å². The Morgan fingerprint density at radius 1 is 1.57 bits per heavy atom. The van der Waals surface area contributed by atoms with Crippen LogP contribution in [0.3, 0.4) is 0 Å². The van der Waals surface area contributed by atoms with Gasteiger partial charge in [0.25, 0.3) is 0 Å². The molecule has 1 saturated heterocycles. The van der Waals surface area contributed by atoms with E-state index in [0.29, 0.717) is 6.61 Å². The summed E-state index contributed by atoms with van der Waals surface area (Å²) in [5.74, 6) is 0.156. The first-order chi connectivity index (χ1) is 6.76. The zero-order chi connectivity index (χ0) is 10.1. The number of carbonyl (C=O) groups is 1. The van der Waals surface area contributed by atoms with E-state index in [9.17, 15) is 4.79 Å². The van der Waals surface area contributed by atoms with Crippen LogP contribution in [0.1, 0.15) is 13.3 Å². The third kappa shape index (κ3) is 1.39. The predicted octanol–water partition coefficient (Wildman–Crippen LogP) is 1.50. The van der Waals surface area contributed by atoms with Crippen molar-refractivity contribution < 1.29 is 19.0 Å². The SMILES string of the molecule is C=C[C@@H]1C[C@H](OCC)[C@@H]2OC(=O)O[C@@H]21. The van der Waals surface area contributed by atoms with E-state index in [1.165, 1.54) is 0 Å². The van der Waals surface area contributed by atoms with Crippen LogP contribution >= 0.6 is 0 Å². The van der Waals surface area contributed by atoms with E-state index in [1.807, 2.05) is 6.92 Å². The lowest BCUT2D eigenvalue weighted by molar-refractivity contribution is -0.0101. The maximum absolute atomic E-state index is 10.9. The Hall–Kier alpha value is -1.03. The van der Waals surface area contributed by atoms with Crippen LogP contribution in [-0.4, -0.2) is 31.1 Å². The number of carbonyl (C=O) groups excluding carboxylic acids is 1. The van der Waals surface area contributed by atoms with Gasteiger partial charge in [-0.3, -0.25) is 0 Å². The number of ether oxygens (including phenoxy) is 3.